The average molecular weight is 436 g/mol. The fourth-order valence-corrected chi connectivity index (χ4v) is 3.54. The standard InChI is InChI=1S/C22H21N5O3S/c1-3-7-14(10-6-11-30-2)20(29)27-21-18(19(23)28)26-22(31-21)25-17-12-15-8-4-5-9-16(15)13-24-17/h3-10,12-13H,1,11H2,2H3,(H2,23,28)(H,27,29)(H,24,25,26). The van der Waals surface area contributed by atoms with Gasteiger partial charge in [-0.15, -0.1) is 0 Å². The molecule has 3 rings (SSSR count). The Hall–Kier alpha value is -3.82. The highest BCUT2D eigenvalue weighted by molar-refractivity contribution is 7.20. The van der Waals surface area contributed by atoms with E-state index in [1.54, 1.807) is 31.5 Å². The first-order chi connectivity index (χ1) is 15.0. The van der Waals surface area contributed by atoms with Crippen molar-refractivity contribution in [1.82, 2.24) is 9.97 Å². The monoisotopic (exact) mass is 435 g/mol. The number of fused-ring (bicyclic) bond motifs is 1. The number of thiazole rings is 1. The molecule has 4 N–H and O–H groups in total. The van der Waals surface area contributed by atoms with E-state index in [0.29, 0.717) is 23.1 Å². The third-order valence-corrected chi connectivity index (χ3v) is 4.96. The molecular weight excluding hydrogens is 414 g/mol. The summed E-state index contributed by atoms with van der Waals surface area (Å²) in [5.41, 5.74) is 5.75. The van der Waals surface area contributed by atoms with Crippen LogP contribution in [0, 0.1) is 0 Å². The van der Waals surface area contributed by atoms with Crippen molar-refractivity contribution in [3.8, 4) is 0 Å². The van der Waals surface area contributed by atoms with Crippen molar-refractivity contribution in [1.29, 1.82) is 0 Å². The largest absolute Gasteiger partial charge is 0.381 e. The Labute approximate surface area is 183 Å². The van der Waals surface area contributed by atoms with Crippen LogP contribution in [0.3, 0.4) is 0 Å². The SMILES string of the molecule is C=CC=C(C=CCOC)C(=O)Nc1sc(Nc2cc3ccccc3cn2)nc1C(N)=O. The van der Waals surface area contributed by atoms with Gasteiger partial charge in [-0.3, -0.25) is 9.59 Å². The van der Waals surface area contributed by atoms with Gasteiger partial charge in [-0.25, -0.2) is 9.97 Å². The van der Waals surface area contributed by atoms with E-state index in [9.17, 15) is 9.59 Å². The van der Waals surface area contributed by atoms with Gasteiger partial charge in [0.15, 0.2) is 10.8 Å². The van der Waals surface area contributed by atoms with Crippen LogP contribution in [0.25, 0.3) is 10.8 Å². The third kappa shape index (κ3) is 5.62. The number of amides is 2. The molecule has 0 radical (unpaired) electrons. The van der Waals surface area contributed by atoms with Crippen molar-refractivity contribution in [3.63, 3.8) is 0 Å². The highest BCUT2D eigenvalue weighted by atomic mass is 32.1. The number of allylic oxidation sites excluding steroid dienone is 2. The smallest absolute Gasteiger partial charge is 0.270 e. The number of carbonyl (C=O) groups excluding carboxylic acids is 2. The number of primary amides is 1. The Morgan fingerprint density at radius 2 is 2.06 bits per heavy atom. The third-order valence-electron chi connectivity index (χ3n) is 4.07. The van der Waals surface area contributed by atoms with Crippen LogP contribution in [0.4, 0.5) is 16.0 Å². The summed E-state index contributed by atoms with van der Waals surface area (Å²) in [5.74, 6) is -0.639. The molecule has 0 atom stereocenters. The topological polar surface area (TPSA) is 119 Å². The van der Waals surface area contributed by atoms with E-state index in [2.05, 4.69) is 27.2 Å². The zero-order valence-electron chi connectivity index (χ0n) is 16.8. The number of rotatable bonds is 9. The summed E-state index contributed by atoms with van der Waals surface area (Å²) in [6.45, 7) is 3.96. The van der Waals surface area contributed by atoms with Crippen molar-refractivity contribution in [3.05, 3.63) is 78.7 Å². The van der Waals surface area contributed by atoms with Crippen molar-refractivity contribution in [2.75, 3.05) is 24.4 Å². The molecular formula is C22H21N5O3S. The molecule has 31 heavy (non-hydrogen) atoms. The molecule has 2 amide bonds. The Morgan fingerprint density at radius 1 is 1.29 bits per heavy atom. The maximum Gasteiger partial charge on any atom is 0.270 e. The first kappa shape index (κ1) is 21.9. The minimum atomic E-state index is -0.754. The first-order valence-corrected chi connectivity index (χ1v) is 10.1. The number of hydrogen-bond donors (Lipinski definition) is 3. The first-order valence-electron chi connectivity index (χ1n) is 9.24. The minimum Gasteiger partial charge on any atom is -0.381 e. The molecule has 0 aliphatic rings. The van der Waals surface area contributed by atoms with E-state index in [0.717, 1.165) is 22.1 Å². The summed E-state index contributed by atoms with van der Waals surface area (Å²) >= 11 is 1.08. The lowest BCUT2D eigenvalue weighted by Crippen LogP contribution is -2.18. The molecule has 0 saturated carbocycles. The second-order valence-corrected chi connectivity index (χ2v) is 7.27. The molecule has 158 valence electrons. The summed E-state index contributed by atoms with van der Waals surface area (Å²) < 4.78 is 4.95. The number of carbonyl (C=O) groups is 2. The number of nitrogens with one attached hydrogen (secondary N) is 2. The van der Waals surface area contributed by atoms with Gasteiger partial charge in [-0.2, -0.15) is 0 Å². The van der Waals surface area contributed by atoms with Crippen LogP contribution < -0.4 is 16.4 Å². The van der Waals surface area contributed by atoms with E-state index in [4.69, 9.17) is 10.5 Å². The van der Waals surface area contributed by atoms with Crippen LogP contribution in [0.2, 0.25) is 0 Å². The molecule has 0 unspecified atom stereocenters. The predicted octanol–water partition coefficient (Wildman–Crippen LogP) is 3.79. The zero-order chi connectivity index (χ0) is 22.2. The van der Waals surface area contributed by atoms with Gasteiger partial charge in [-0.05, 0) is 11.5 Å². The van der Waals surface area contributed by atoms with Gasteiger partial charge < -0.3 is 21.1 Å². The number of aromatic nitrogens is 2. The van der Waals surface area contributed by atoms with Gasteiger partial charge in [0.1, 0.15) is 10.8 Å². The maximum atomic E-state index is 12.7. The highest BCUT2D eigenvalue weighted by Gasteiger charge is 2.19. The molecule has 3 aromatic rings. The quantitative estimate of drug-likeness (QED) is 0.348. The molecule has 1 aromatic carbocycles. The summed E-state index contributed by atoms with van der Waals surface area (Å²) in [4.78, 5) is 33.1. The molecule has 0 saturated heterocycles. The van der Waals surface area contributed by atoms with Crippen LogP contribution in [-0.2, 0) is 9.53 Å². The lowest BCUT2D eigenvalue weighted by molar-refractivity contribution is -0.112. The summed E-state index contributed by atoms with van der Waals surface area (Å²) in [7, 11) is 1.55. The second kappa shape index (κ2) is 10.3. The summed E-state index contributed by atoms with van der Waals surface area (Å²) in [6.07, 6.45) is 8.07. The van der Waals surface area contributed by atoms with E-state index < -0.39 is 11.8 Å². The van der Waals surface area contributed by atoms with Crippen molar-refractivity contribution in [2.24, 2.45) is 5.73 Å². The number of nitrogens with zero attached hydrogens (tertiary/aromatic N) is 2. The molecule has 0 spiro atoms. The van der Waals surface area contributed by atoms with Gasteiger partial charge in [-0.1, -0.05) is 66.5 Å². The fraction of sp³-hybridized carbons (Fsp3) is 0.0909. The van der Waals surface area contributed by atoms with Crippen LogP contribution in [0.5, 0.6) is 0 Å². The molecule has 0 aliphatic heterocycles. The lowest BCUT2D eigenvalue weighted by Gasteiger charge is -2.04. The average Bonchev–Trinajstić information content (AvgIpc) is 3.15. The Morgan fingerprint density at radius 3 is 2.77 bits per heavy atom. The summed E-state index contributed by atoms with van der Waals surface area (Å²) in [6, 6.07) is 9.67. The predicted molar refractivity (Wildman–Crippen MR) is 124 cm³/mol. The molecule has 9 heteroatoms. The van der Waals surface area contributed by atoms with Gasteiger partial charge in [0, 0.05) is 24.3 Å². The van der Waals surface area contributed by atoms with Crippen molar-refractivity contribution < 1.29 is 14.3 Å². The van der Waals surface area contributed by atoms with Gasteiger partial charge >= 0.3 is 0 Å². The van der Waals surface area contributed by atoms with Gasteiger partial charge in [0.25, 0.3) is 11.8 Å². The maximum absolute atomic E-state index is 12.7. The van der Waals surface area contributed by atoms with Crippen molar-refractivity contribution >= 4 is 49.9 Å². The van der Waals surface area contributed by atoms with Crippen LogP contribution in [0.1, 0.15) is 10.5 Å². The highest BCUT2D eigenvalue weighted by Crippen LogP contribution is 2.31. The Balaban J connectivity index is 1.83. The number of anilines is 3. The van der Waals surface area contributed by atoms with E-state index in [1.807, 2.05) is 30.3 Å². The van der Waals surface area contributed by atoms with E-state index in [1.165, 1.54) is 6.08 Å². The zero-order valence-corrected chi connectivity index (χ0v) is 17.6. The second-order valence-electron chi connectivity index (χ2n) is 6.27. The van der Waals surface area contributed by atoms with Gasteiger partial charge in [0.2, 0.25) is 0 Å². The van der Waals surface area contributed by atoms with E-state index >= 15 is 0 Å². The minimum absolute atomic E-state index is 0.0412. The summed E-state index contributed by atoms with van der Waals surface area (Å²) in [5, 5.41) is 8.35. The fourth-order valence-electron chi connectivity index (χ4n) is 2.67. The van der Waals surface area contributed by atoms with Crippen LogP contribution >= 0.6 is 11.3 Å². The number of nitrogens with two attached hydrogens (primary N) is 1. The normalized spacial score (nSPS) is 11.6. The lowest BCUT2D eigenvalue weighted by atomic mass is 10.2. The van der Waals surface area contributed by atoms with Crippen molar-refractivity contribution in [2.45, 2.75) is 0 Å². The number of pyridine rings is 1. The van der Waals surface area contributed by atoms with Crippen LogP contribution in [0.15, 0.2) is 73.0 Å². The van der Waals surface area contributed by atoms with Crippen LogP contribution in [-0.4, -0.2) is 35.5 Å². The molecule has 2 aromatic heterocycles. The number of benzene rings is 1. The Kier molecular flexibility index (Phi) is 7.26. The molecule has 0 bridgehead atoms. The Bertz CT molecular complexity index is 1180. The van der Waals surface area contributed by atoms with E-state index in [-0.39, 0.29) is 10.7 Å². The van der Waals surface area contributed by atoms with Gasteiger partial charge in [0.05, 0.1) is 6.61 Å². The number of ether oxygens (including phenoxy) is 1. The molecule has 0 fully saturated rings. The molecule has 0 aliphatic carbocycles. The molecule has 8 nitrogen and oxygen atoms in total. The number of methoxy groups -OCH3 is 1. The molecule has 2 heterocycles. The number of hydrogen-bond acceptors (Lipinski definition) is 7.